The lowest BCUT2D eigenvalue weighted by Gasteiger charge is -2.03. The first kappa shape index (κ1) is 13.2. The third-order valence-corrected chi connectivity index (χ3v) is 2.59. The first-order valence-corrected chi connectivity index (χ1v) is 5.49. The topological polar surface area (TPSA) is 89.2 Å². The second-order valence-electron chi connectivity index (χ2n) is 3.66. The molecular formula is C11H7ClFN3O3. The van der Waals surface area contributed by atoms with Gasteiger partial charge in [0, 0.05) is 6.42 Å². The van der Waals surface area contributed by atoms with Crippen molar-refractivity contribution < 1.29 is 14.4 Å². The van der Waals surface area contributed by atoms with Crippen molar-refractivity contribution in [1.82, 2.24) is 9.97 Å². The van der Waals surface area contributed by atoms with Gasteiger partial charge in [0.25, 0.3) is 5.88 Å². The van der Waals surface area contributed by atoms with Crippen molar-refractivity contribution in [3.8, 4) is 5.88 Å². The van der Waals surface area contributed by atoms with E-state index in [1.807, 2.05) is 0 Å². The molecule has 0 unspecified atom stereocenters. The van der Waals surface area contributed by atoms with Crippen molar-refractivity contribution in [2.45, 2.75) is 6.42 Å². The van der Waals surface area contributed by atoms with Gasteiger partial charge in [-0.15, -0.1) is 0 Å². The second-order valence-corrected chi connectivity index (χ2v) is 4.02. The van der Waals surface area contributed by atoms with E-state index in [0.717, 1.165) is 0 Å². The maximum Gasteiger partial charge on any atom is 0.367 e. The minimum absolute atomic E-state index is 0.111. The van der Waals surface area contributed by atoms with Crippen LogP contribution in [0.15, 0.2) is 24.3 Å². The van der Waals surface area contributed by atoms with Crippen molar-refractivity contribution in [1.29, 1.82) is 0 Å². The third kappa shape index (κ3) is 2.94. The summed E-state index contributed by atoms with van der Waals surface area (Å²) in [5, 5.41) is 19.6. The van der Waals surface area contributed by atoms with Crippen LogP contribution < -0.4 is 0 Å². The Morgan fingerprint density at radius 3 is 2.47 bits per heavy atom. The fourth-order valence-electron chi connectivity index (χ4n) is 1.48. The fourth-order valence-corrected chi connectivity index (χ4v) is 1.73. The molecule has 0 radical (unpaired) electrons. The Kier molecular flexibility index (Phi) is 3.57. The Hall–Kier alpha value is -2.28. The molecule has 0 fully saturated rings. The van der Waals surface area contributed by atoms with Gasteiger partial charge in [-0.2, -0.15) is 4.98 Å². The number of nitro groups is 1. The van der Waals surface area contributed by atoms with E-state index in [1.54, 1.807) is 0 Å². The Bertz CT molecular complexity index is 611. The van der Waals surface area contributed by atoms with Gasteiger partial charge in [0.05, 0.1) is 4.92 Å². The van der Waals surface area contributed by atoms with E-state index in [-0.39, 0.29) is 18.1 Å². The molecule has 0 aliphatic heterocycles. The number of halogens is 2. The summed E-state index contributed by atoms with van der Waals surface area (Å²) in [5.41, 5.74) is -0.0461. The summed E-state index contributed by atoms with van der Waals surface area (Å²) >= 11 is 5.61. The van der Waals surface area contributed by atoms with Crippen molar-refractivity contribution in [2.75, 3.05) is 0 Å². The smallest absolute Gasteiger partial charge is 0.367 e. The van der Waals surface area contributed by atoms with Crippen molar-refractivity contribution in [3.63, 3.8) is 0 Å². The van der Waals surface area contributed by atoms with Crippen LogP contribution in [0.3, 0.4) is 0 Å². The molecule has 1 N–H and O–H groups in total. The van der Waals surface area contributed by atoms with Crippen molar-refractivity contribution in [3.05, 3.63) is 56.7 Å². The highest BCUT2D eigenvalue weighted by atomic mass is 35.5. The summed E-state index contributed by atoms with van der Waals surface area (Å²) in [6, 6.07) is 5.57. The van der Waals surface area contributed by atoms with E-state index in [4.69, 9.17) is 11.6 Å². The van der Waals surface area contributed by atoms with Gasteiger partial charge >= 0.3 is 5.69 Å². The number of aromatic nitrogens is 2. The average molecular weight is 284 g/mol. The lowest BCUT2D eigenvalue weighted by Crippen LogP contribution is -2.01. The molecule has 0 bridgehead atoms. The first-order chi connectivity index (χ1) is 8.97. The van der Waals surface area contributed by atoms with Gasteiger partial charge in [0.2, 0.25) is 5.15 Å². The highest BCUT2D eigenvalue weighted by Gasteiger charge is 2.23. The minimum atomic E-state index is -0.862. The van der Waals surface area contributed by atoms with Crippen LogP contribution >= 0.6 is 11.6 Å². The van der Waals surface area contributed by atoms with Gasteiger partial charge in [-0.1, -0.05) is 23.7 Å². The van der Waals surface area contributed by atoms with Crippen LogP contribution in [0.4, 0.5) is 10.1 Å². The predicted octanol–water partition coefficient (Wildman–Crippen LogP) is 2.47. The zero-order valence-corrected chi connectivity index (χ0v) is 10.1. The molecule has 8 heteroatoms. The SMILES string of the molecule is O=[N+]([O-])c1c(O)nc(Cc2ccc(F)cc2)nc1Cl. The normalized spacial score (nSPS) is 10.4. The number of rotatable bonds is 3. The molecule has 1 aromatic heterocycles. The Balaban J connectivity index is 2.32. The average Bonchev–Trinajstić information content (AvgIpc) is 2.30. The predicted molar refractivity (Wildman–Crippen MR) is 64.6 cm³/mol. The zero-order valence-electron chi connectivity index (χ0n) is 9.38. The maximum absolute atomic E-state index is 12.7. The molecule has 0 saturated heterocycles. The summed E-state index contributed by atoms with van der Waals surface area (Å²) in [6.45, 7) is 0. The molecule has 2 aromatic rings. The minimum Gasteiger partial charge on any atom is -0.488 e. The Labute approximate surface area is 111 Å². The summed E-state index contributed by atoms with van der Waals surface area (Å²) in [6.07, 6.45) is 0.172. The van der Waals surface area contributed by atoms with Crippen LogP contribution in [0.5, 0.6) is 5.88 Å². The lowest BCUT2D eigenvalue weighted by atomic mass is 10.1. The number of hydrogen-bond acceptors (Lipinski definition) is 5. The third-order valence-electron chi connectivity index (χ3n) is 2.33. The summed E-state index contributed by atoms with van der Waals surface area (Å²) < 4.78 is 12.7. The highest BCUT2D eigenvalue weighted by molar-refractivity contribution is 6.31. The largest absolute Gasteiger partial charge is 0.488 e. The van der Waals surface area contributed by atoms with Crippen molar-refractivity contribution in [2.24, 2.45) is 0 Å². The van der Waals surface area contributed by atoms with Crippen LogP contribution in [0, 0.1) is 15.9 Å². The maximum atomic E-state index is 12.7. The molecule has 2 rings (SSSR count). The highest BCUT2D eigenvalue weighted by Crippen LogP contribution is 2.30. The molecule has 0 atom stereocenters. The quantitative estimate of drug-likeness (QED) is 0.531. The van der Waals surface area contributed by atoms with Crippen LogP contribution in [0.2, 0.25) is 5.15 Å². The van der Waals surface area contributed by atoms with Crippen LogP contribution in [0.25, 0.3) is 0 Å². The van der Waals surface area contributed by atoms with Gasteiger partial charge in [-0.05, 0) is 17.7 Å². The van der Waals surface area contributed by atoms with E-state index in [9.17, 15) is 19.6 Å². The molecule has 1 heterocycles. The van der Waals surface area contributed by atoms with Gasteiger partial charge in [0.1, 0.15) is 11.6 Å². The van der Waals surface area contributed by atoms with Gasteiger partial charge < -0.3 is 5.11 Å². The summed E-state index contributed by atoms with van der Waals surface area (Å²) in [7, 11) is 0. The molecule has 1 aromatic carbocycles. The fraction of sp³-hybridized carbons (Fsp3) is 0.0909. The zero-order chi connectivity index (χ0) is 14.0. The monoisotopic (exact) mass is 283 g/mol. The summed E-state index contributed by atoms with van der Waals surface area (Å²) in [5.74, 6) is -1.06. The van der Waals surface area contributed by atoms with Crippen LogP contribution in [0.1, 0.15) is 11.4 Å². The Morgan fingerprint density at radius 1 is 1.32 bits per heavy atom. The van der Waals surface area contributed by atoms with Gasteiger partial charge in [-0.25, -0.2) is 9.37 Å². The second kappa shape index (κ2) is 5.15. The molecule has 0 amide bonds. The van der Waals surface area contributed by atoms with E-state index in [2.05, 4.69) is 9.97 Å². The lowest BCUT2D eigenvalue weighted by molar-refractivity contribution is -0.386. The van der Waals surface area contributed by atoms with Crippen molar-refractivity contribution >= 4 is 17.3 Å². The molecule has 6 nitrogen and oxygen atoms in total. The number of hydrogen-bond donors (Lipinski definition) is 1. The molecular weight excluding hydrogens is 277 g/mol. The van der Waals surface area contributed by atoms with E-state index in [0.29, 0.717) is 5.56 Å². The van der Waals surface area contributed by atoms with Gasteiger partial charge in [-0.3, -0.25) is 10.1 Å². The standard InChI is InChI=1S/C11H7ClFN3O3/c12-10-9(16(18)19)11(17)15-8(14-10)5-6-1-3-7(13)4-2-6/h1-4H,5H2,(H,14,15,17). The Morgan fingerprint density at radius 2 is 1.95 bits per heavy atom. The molecule has 0 saturated carbocycles. The van der Waals surface area contributed by atoms with Crippen LogP contribution in [-0.4, -0.2) is 20.0 Å². The molecule has 0 aliphatic rings. The number of benzene rings is 1. The van der Waals surface area contributed by atoms with E-state index >= 15 is 0 Å². The number of nitrogens with zero attached hydrogens (tertiary/aromatic N) is 3. The van der Waals surface area contributed by atoms with Crippen LogP contribution in [-0.2, 0) is 6.42 Å². The number of aromatic hydroxyl groups is 1. The van der Waals surface area contributed by atoms with E-state index in [1.165, 1.54) is 24.3 Å². The molecule has 19 heavy (non-hydrogen) atoms. The molecule has 98 valence electrons. The first-order valence-electron chi connectivity index (χ1n) is 5.11. The summed E-state index contributed by atoms with van der Waals surface area (Å²) in [4.78, 5) is 17.1. The molecule has 0 aliphatic carbocycles. The molecule has 0 spiro atoms. The van der Waals surface area contributed by atoms with Gasteiger partial charge in [0.15, 0.2) is 0 Å². The van der Waals surface area contributed by atoms with E-state index < -0.39 is 21.6 Å².